The number of nitrogens with one attached hydrogen (secondary N) is 1. The van der Waals surface area contributed by atoms with E-state index >= 15 is 0 Å². The summed E-state index contributed by atoms with van der Waals surface area (Å²) in [6.07, 6.45) is 5.28. The first-order chi connectivity index (χ1) is 10.5. The lowest BCUT2D eigenvalue weighted by molar-refractivity contribution is -0.122. The molecule has 1 aromatic rings. The summed E-state index contributed by atoms with van der Waals surface area (Å²) in [7, 11) is 0. The molecule has 0 aliphatic heterocycles. The summed E-state index contributed by atoms with van der Waals surface area (Å²) >= 11 is 0. The van der Waals surface area contributed by atoms with Crippen molar-refractivity contribution in [1.29, 1.82) is 0 Å². The Hall–Kier alpha value is -1.65. The van der Waals surface area contributed by atoms with Crippen molar-refractivity contribution >= 4 is 5.91 Å². The molecule has 0 aromatic heterocycles. The molecular formula is C17H23F2NO2. The van der Waals surface area contributed by atoms with E-state index in [-0.39, 0.29) is 18.3 Å². The normalized spacial score (nSPS) is 21.4. The molecule has 1 fully saturated rings. The molecule has 2 rings (SSSR count). The fourth-order valence-corrected chi connectivity index (χ4v) is 2.71. The van der Waals surface area contributed by atoms with Gasteiger partial charge in [-0.05, 0) is 50.2 Å². The molecule has 0 atom stereocenters. The number of hydrogen-bond acceptors (Lipinski definition) is 2. The third-order valence-electron chi connectivity index (χ3n) is 4.08. The number of hydrogen-bond donors (Lipinski definition) is 1. The number of ether oxygens (including phenoxy) is 1. The van der Waals surface area contributed by atoms with E-state index in [0.717, 1.165) is 43.7 Å². The van der Waals surface area contributed by atoms with Crippen LogP contribution in [0.1, 0.15) is 45.4 Å². The molecule has 0 unspecified atom stereocenters. The SMILES string of the molecule is CC1CCC(NC(=O)CCCOc2ccc(F)cc2F)CC1. The first kappa shape index (κ1) is 16.7. The average Bonchev–Trinajstić information content (AvgIpc) is 2.48. The van der Waals surface area contributed by atoms with Gasteiger partial charge in [-0.1, -0.05) is 6.92 Å². The number of amides is 1. The molecular weight excluding hydrogens is 288 g/mol. The lowest BCUT2D eigenvalue weighted by Gasteiger charge is -2.26. The molecule has 1 aliphatic carbocycles. The molecule has 0 heterocycles. The molecule has 0 saturated heterocycles. The third-order valence-corrected chi connectivity index (χ3v) is 4.08. The Balaban J connectivity index is 1.62. The zero-order valence-electron chi connectivity index (χ0n) is 12.9. The van der Waals surface area contributed by atoms with Gasteiger partial charge in [-0.15, -0.1) is 0 Å². The molecule has 0 spiro atoms. The van der Waals surface area contributed by atoms with Crippen molar-refractivity contribution in [2.45, 2.75) is 51.5 Å². The predicted molar refractivity (Wildman–Crippen MR) is 80.6 cm³/mol. The topological polar surface area (TPSA) is 38.3 Å². The molecule has 1 saturated carbocycles. The molecule has 122 valence electrons. The highest BCUT2D eigenvalue weighted by Gasteiger charge is 2.19. The monoisotopic (exact) mass is 311 g/mol. The second-order valence-corrected chi connectivity index (χ2v) is 6.05. The lowest BCUT2D eigenvalue weighted by atomic mass is 9.87. The zero-order valence-corrected chi connectivity index (χ0v) is 12.9. The second kappa shape index (κ2) is 8.11. The van der Waals surface area contributed by atoms with Crippen molar-refractivity contribution in [3.63, 3.8) is 0 Å². The van der Waals surface area contributed by atoms with Gasteiger partial charge in [0, 0.05) is 18.5 Å². The van der Waals surface area contributed by atoms with Crippen LogP contribution in [0.25, 0.3) is 0 Å². The Morgan fingerprint density at radius 1 is 1.27 bits per heavy atom. The highest BCUT2D eigenvalue weighted by Crippen LogP contribution is 2.23. The summed E-state index contributed by atoms with van der Waals surface area (Å²) in [5, 5.41) is 3.04. The molecule has 1 aliphatic rings. The predicted octanol–water partition coefficient (Wildman–Crippen LogP) is 3.82. The van der Waals surface area contributed by atoms with Gasteiger partial charge in [0.05, 0.1) is 6.61 Å². The van der Waals surface area contributed by atoms with Gasteiger partial charge in [0.1, 0.15) is 5.82 Å². The minimum absolute atomic E-state index is 0.0164. The number of rotatable bonds is 6. The standard InChI is InChI=1S/C17H23F2NO2/c1-12-4-7-14(8-5-12)20-17(21)3-2-10-22-16-9-6-13(18)11-15(16)19/h6,9,11-12,14H,2-5,7-8,10H2,1H3,(H,20,21). The van der Waals surface area contributed by atoms with Gasteiger partial charge in [-0.25, -0.2) is 8.78 Å². The van der Waals surface area contributed by atoms with Crippen LogP contribution in [-0.4, -0.2) is 18.6 Å². The van der Waals surface area contributed by atoms with Gasteiger partial charge in [0.2, 0.25) is 5.91 Å². The summed E-state index contributed by atoms with van der Waals surface area (Å²) in [5.74, 6) is -0.565. The van der Waals surface area contributed by atoms with Crippen molar-refractivity contribution in [1.82, 2.24) is 5.32 Å². The van der Waals surface area contributed by atoms with Gasteiger partial charge in [-0.3, -0.25) is 4.79 Å². The Morgan fingerprint density at radius 3 is 2.68 bits per heavy atom. The molecule has 5 heteroatoms. The Bertz CT molecular complexity index is 499. The van der Waals surface area contributed by atoms with E-state index < -0.39 is 11.6 Å². The number of carbonyl (C=O) groups is 1. The van der Waals surface area contributed by atoms with Gasteiger partial charge in [0.15, 0.2) is 11.6 Å². The van der Waals surface area contributed by atoms with Crippen molar-refractivity contribution in [3.05, 3.63) is 29.8 Å². The smallest absolute Gasteiger partial charge is 0.220 e. The highest BCUT2D eigenvalue weighted by molar-refractivity contribution is 5.76. The Kier molecular flexibility index (Phi) is 6.16. The van der Waals surface area contributed by atoms with Gasteiger partial charge < -0.3 is 10.1 Å². The van der Waals surface area contributed by atoms with E-state index in [2.05, 4.69) is 12.2 Å². The highest BCUT2D eigenvalue weighted by atomic mass is 19.1. The fourth-order valence-electron chi connectivity index (χ4n) is 2.71. The van der Waals surface area contributed by atoms with Crippen LogP contribution in [0, 0.1) is 17.6 Å². The summed E-state index contributed by atoms with van der Waals surface area (Å²) in [5.41, 5.74) is 0. The summed E-state index contributed by atoms with van der Waals surface area (Å²) in [4.78, 5) is 11.8. The van der Waals surface area contributed by atoms with E-state index in [1.54, 1.807) is 0 Å². The first-order valence-corrected chi connectivity index (χ1v) is 7.92. The van der Waals surface area contributed by atoms with E-state index in [0.29, 0.717) is 18.9 Å². The number of carbonyl (C=O) groups excluding carboxylic acids is 1. The lowest BCUT2D eigenvalue weighted by Crippen LogP contribution is -2.37. The van der Waals surface area contributed by atoms with Crippen LogP contribution in [0.4, 0.5) is 8.78 Å². The molecule has 3 nitrogen and oxygen atoms in total. The Morgan fingerprint density at radius 2 is 2.00 bits per heavy atom. The second-order valence-electron chi connectivity index (χ2n) is 6.05. The summed E-state index contributed by atoms with van der Waals surface area (Å²) < 4.78 is 31.3. The number of benzene rings is 1. The van der Waals surface area contributed by atoms with Crippen molar-refractivity contribution < 1.29 is 18.3 Å². The van der Waals surface area contributed by atoms with E-state index in [1.807, 2.05) is 0 Å². The maximum Gasteiger partial charge on any atom is 0.220 e. The first-order valence-electron chi connectivity index (χ1n) is 7.92. The van der Waals surface area contributed by atoms with Crippen LogP contribution in [0.15, 0.2) is 18.2 Å². The van der Waals surface area contributed by atoms with E-state index in [4.69, 9.17) is 4.74 Å². The molecule has 0 radical (unpaired) electrons. The average molecular weight is 311 g/mol. The minimum atomic E-state index is -0.722. The van der Waals surface area contributed by atoms with Crippen LogP contribution in [0.2, 0.25) is 0 Å². The van der Waals surface area contributed by atoms with E-state index in [1.165, 1.54) is 6.07 Å². The molecule has 22 heavy (non-hydrogen) atoms. The van der Waals surface area contributed by atoms with Gasteiger partial charge >= 0.3 is 0 Å². The maximum atomic E-state index is 13.3. The van der Waals surface area contributed by atoms with Crippen LogP contribution in [0.3, 0.4) is 0 Å². The zero-order chi connectivity index (χ0) is 15.9. The third kappa shape index (κ3) is 5.28. The molecule has 1 N–H and O–H groups in total. The van der Waals surface area contributed by atoms with Crippen LogP contribution >= 0.6 is 0 Å². The maximum absolute atomic E-state index is 13.3. The van der Waals surface area contributed by atoms with Crippen molar-refractivity contribution in [2.75, 3.05) is 6.61 Å². The van der Waals surface area contributed by atoms with Crippen LogP contribution in [0.5, 0.6) is 5.75 Å². The van der Waals surface area contributed by atoms with Crippen molar-refractivity contribution in [3.8, 4) is 5.75 Å². The quantitative estimate of drug-likeness (QED) is 0.811. The minimum Gasteiger partial charge on any atom is -0.491 e. The fraction of sp³-hybridized carbons (Fsp3) is 0.588. The molecule has 1 amide bonds. The summed E-state index contributed by atoms with van der Waals surface area (Å²) in [6, 6.07) is 3.48. The molecule has 0 bridgehead atoms. The summed E-state index contributed by atoms with van der Waals surface area (Å²) in [6.45, 7) is 2.47. The van der Waals surface area contributed by atoms with E-state index in [9.17, 15) is 13.6 Å². The molecule has 1 aromatic carbocycles. The Labute approximate surface area is 130 Å². The van der Waals surface area contributed by atoms with Crippen molar-refractivity contribution in [2.24, 2.45) is 5.92 Å². The van der Waals surface area contributed by atoms with Gasteiger partial charge in [0.25, 0.3) is 0 Å². The van der Waals surface area contributed by atoms with Crippen LogP contribution < -0.4 is 10.1 Å². The largest absolute Gasteiger partial charge is 0.491 e. The van der Waals surface area contributed by atoms with Gasteiger partial charge in [-0.2, -0.15) is 0 Å². The van der Waals surface area contributed by atoms with Crippen LogP contribution in [-0.2, 0) is 4.79 Å². The number of halogens is 2.